The van der Waals surface area contributed by atoms with Crippen LogP contribution in [-0.2, 0) is 0 Å². The van der Waals surface area contributed by atoms with Gasteiger partial charge in [-0.3, -0.25) is 5.43 Å². The van der Waals surface area contributed by atoms with E-state index < -0.39 is 5.82 Å². The first-order valence-electron chi connectivity index (χ1n) is 6.20. The summed E-state index contributed by atoms with van der Waals surface area (Å²) in [6.07, 6.45) is 1.77. The standard InChI is InChI=1S/C13H16FN5O/c14-11-9-17-13(19-15)18-12(11)16-7-4-8-20-10-5-2-1-3-6-10/h1-3,5-6,9H,4,7-8,15H2,(H2,16,17,18,19). The molecule has 6 nitrogen and oxygen atoms in total. The molecular formula is C13H16FN5O. The maximum Gasteiger partial charge on any atom is 0.239 e. The monoisotopic (exact) mass is 277 g/mol. The third-order valence-electron chi connectivity index (χ3n) is 2.50. The van der Waals surface area contributed by atoms with Crippen molar-refractivity contribution in [3.8, 4) is 5.75 Å². The third kappa shape index (κ3) is 4.06. The minimum atomic E-state index is -0.520. The molecule has 4 N–H and O–H groups in total. The number of para-hydroxylation sites is 1. The fourth-order valence-corrected chi connectivity index (χ4v) is 1.55. The van der Waals surface area contributed by atoms with Crippen molar-refractivity contribution in [2.24, 2.45) is 5.84 Å². The van der Waals surface area contributed by atoms with Gasteiger partial charge >= 0.3 is 0 Å². The highest BCUT2D eigenvalue weighted by Crippen LogP contribution is 2.11. The van der Waals surface area contributed by atoms with Gasteiger partial charge in [0.1, 0.15) is 5.75 Å². The minimum Gasteiger partial charge on any atom is -0.494 e. The molecule has 20 heavy (non-hydrogen) atoms. The van der Waals surface area contributed by atoms with Crippen LogP contribution in [0.2, 0.25) is 0 Å². The second kappa shape index (κ2) is 7.25. The van der Waals surface area contributed by atoms with E-state index in [1.807, 2.05) is 30.3 Å². The number of hydrogen-bond donors (Lipinski definition) is 3. The minimum absolute atomic E-state index is 0.118. The number of halogens is 1. The number of nitrogens with zero attached hydrogens (tertiary/aromatic N) is 2. The van der Waals surface area contributed by atoms with Crippen molar-refractivity contribution in [3.05, 3.63) is 42.3 Å². The Morgan fingerprint density at radius 1 is 1.25 bits per heavy atom. The van der Waals surface area contributed by atoms with Crippen LogP contribution < -0.4 is 21.3 Å². The van der Waals surface area contributed by atoms with E-state index in [1.54, 1.807) is 0 Å². The lowest BCUT2D eigenvalue weighted by molar-refractivity contribution is 0.315. The Kier molecular flexibility index (Phi) is 5.08. The summed E-state index contributed by atoms with van der Waals surface area (Å²) in [5.41, 5.74) is 2.26. The van der Waals surface area contributed by atoms with Crippen molar-refractivity contribution >= 4 is 11.8 Å². The Morgan fingerprint density at radius 2 is 2.05 bits per heavy atom. The Balaban J connectivity index is 1.73. The number of nitrogen functional groups attached to an aromatic ring is 1. The van der Waals surface area contributed by atoms with Crippen LogP contribution in [0.3, 0.4) is 0 Å². The highest BCUT2D eigenvalue weighted by molar-refractivity contribution is 5.40. The Labute approximate surface area is 116 Å². The number of hydrogen-bond acceptors (Lipinski definition) is 6. The number of benzene rings is 1. The summed E-state index contributed by atoms with van der Waals surface area (Å²) in [4.78, 5) is 7.53. The molecule has 0 unspecified atom stereocenters. The van der Waals surface area contributed by atoms with Gasteiger partial charge in [0.15, 0.2) is 11.6 Å². The van der Waals surface area contributed by atoms with Crippen LogP contribution in [-0.4, -0.2) is 23.1 Å². The van der Waals surface area contributed by atoms with Crippen LogP contribution >= 0.6 is 0 Å². The van der Waals surface area contributed by atoms with Gasteiger partial charge in [-0.1, -0.05) is 18.2 Å². The fraction of sp³-hybridized carbons (Fsp3) is 0.231. The van der Waals surface area contributed by atoms with E-state index in [0.29, 0.717) is 19.6 Å². The highest BCUT2D eigenvalue weighted by Gasteiger charge is 2.05. The lowest BCUT2D eigenvalue weighted by Crippen LogP contribution is -2.14. The molecule has 0 fully saturated rings. The number of rotatable bonds is 7. The zero-order valence-corrected chi connectivity index (χ0v) is 10.8. The van der Waals surface area contributed by atoms with Crippen molar-refractivity contribution in [3.63, 3.8) is 0 Å². The number of anilines is 2. The summed E-state index contributed by atoms with van der Waals surface area (Å²) < 4.78 is 18.9. The van der Waals surface area contributed by atoms with E-state index in [2.05, 4.69) is 20.7 Å². The van der Waals surface area contributed by atoms with E-state index in [0.717, 1.165) is 11.9 Å². The molecule has 2 rings (SSSR count). The van der Waals surface area contributed by atoms with E-state index >= 15 is 0 Å². The first-order valence-corrected chi connectivity index (χ1v) is 6.20. The third-order valence-corrected chi connectivity index (χ3v) is 2.50. The summed E-state index contributed by atoms with van der Waals surface area (Å²) in [6, 6.07) is 9.51. The normalized spacial score (nSPS) is 10.1. The summed E-state index contributed by atoms with van der Waals surface area (Å²) in [5.74, 6) is 5.74. The number of ether oxygens (including phenoxy) is 1. The molecule has 0 amide bonds. The van der Waals surface area contributed by atoms with Gasteiger partial charge in [-0.2, -0.15) is 4.98 Å². The summed E-state index contributed by atoms with van der Waals surface area (Å²) in [7, 11) is 0. The molecule has 106 valence electrons. The molecule has 2 aromatic rings. The molecular weight excluding hydrogens is 261 g/mol. The van der Waals surface area contributed by atoms with Crippen LogP contribution in [0.25, 0.3) is 0 Å². The van der Waals surface area contributed by atoms with Crippen LogP contribution in [0.1, 0.15) is 6.42 Å². The summed E-state index contributed by atoms with van der Waals surface area (Å²) in [5, 5.41) is 2.87. The smallest absolute Gasteiger partial charge is 0.239 e. The molecule has 0 saturated heterocycles. The summed E-state index contributed by atoms with van der Waals surface area (Å²) >= 11 is 0. The van der Waals surface area contributed by atoms with Gasteiger partial charge in [-0.25, -0.2) is 15.2 Å². The molecule has 0 aliphatic heterocycles. The molecule has 1 aromatic heterocycles. The average molecular weight is 277 g/mol. The van der Waals surface area contributed by atoms with Crippen LogP contribution in [0.5, 0.6) is 5.75 Å². The van der Waals surface area contributed by atoms with Crippen molar-refractivity contribution in [1.82, 2.24) is 9.97 Å². The lowest BCUT2D eigenvalue weighted by Gasteiger charge is -2.08. The van der Waals surface area contributed by atoms with Crippen LogP contribution in [0.15, 0.2) is 36.5 Å². The number of aromatic nitrogens is 2. The maximum atomic E-state index is 13.4. The van der Waals surface area contributed by atoms with Crippen LogP contribution in [0, 0.1) is 5.82 Å². The fourth-order valence-electron chi connectivity index (χ4n) is 1.55. The average Bonchev–Trinajstić information content (AvgIpc) is 2.50. The molecule has 7 heteroatoms. The number of nitrogens with one attached hydrogen (secondary N) is 2. The molecule has 1 aromatic carbocycles. The summed E-state index contributed by atoms with van der Waals surface area (Å²) in [6.45, 7) is 1.07. The molecule has 0 spiro atoms. The van der Waals surface area contributed by atoms with E-state index in [4.69, 9.17) is 10.6 Å². The van der Waals surface area contributed by atoms with Gasteiger partial charge in [-0.15, -0.1) is 0 Å². The molecule has 1 heterocycles. The van der Waals surface area contributed by atoms with Gasteiger partial charge in [0, 0.05) is 6.54 Å². The molecule has 0 bridgehead atoms. The Morgan fingerprint density at radius 3 is 2.80 bits per heavy atom. The molecule has 0 atom stereocenters. The van der Waals surface area contributed by atoms with Crippen molar-refractivity contribution in [1.29, 1.82) is 0 Å². The van der Waals surface area contributed by atoms with Gasteiger partial charge in [0.05, 0.1) is 12.8 Å². The quantitative estimate of drug-likeness (QED) is 0.406. The first-order chi connectivity index (χ1) is 9.79. The topological polar surface area (TPSA) is 85.1 Å². The van der Waals surface area contributed by atoms with Crippen molar-refractivity contribution < 1.29 is 9.13 Å². The zero-order chi connectivity index (χ0) is 14.2. The molecule has 0 radical (unpaired) electrons. The van der Waals surface area contributed by atoms with Gasteiger partial charge in [-0.05, 0) is 18.6 Å². The second-order valence-electron chi connectivity index (χ2n) is 3.98. The van der Waals surface area contributed by atoms with E-state index in [-0.39, 0.29) is 11.8 Å². The van der Waals surface area contributed by atoms with Gasteiger partial charge in [0.25, 0.3) is 0 Å². The first kappa shape index (κ1) is 14.0. The van der Waals surface area contributed by atoms with Crippen molar-refractivity contribution in [2.75, 3.05) is 23.9 Å². The number of nitrogens with two attached hydrogens (primary N) is 1. The maximum absolute atomic E-state index is 13.4. The SMILES string of the molecule is NNc1ncc(F)c(NCCCOc2ccccc2)n1. The predicted octanol–water partition coefficient (Wildman–Crippen LogP) is 1.78. The molecule has 0 aliphatic rings. The van der Waals surface area contributed by atoms with E-state index in [1.165, 1.54) is 0 Å². The van der Waals surface area contributed by atoms with Crippen molar-refractivity contribution in [2.45, 2.75) is 6.42 Å². The van der Waals surface area contributed by atoms with Gasteiger partial charge < -0.3 is 10.1 Å². The zero-order valence-electron chi connectivity index (χ0n) is 10.8. The predicted molar refractivity (Wildman–Crippen MR) is 74.8 cm³/mol. The molecule has 0 saturated carbocycles. The largest absolute Gasteiger partial charge is 0.494 e. The highest BCUT2D eigenvalue weighted by atomic mass is 19.1. The van der Waals surface area contributed by atoms with E-state index in [9.17, 15) is 4.39 Å². The van der Waals surface area contributed by atoms with Gasteiger partial charge in [0.2, 0.25) is 5.95 Å². The molecule has 0 aliphatic carbocycles. The Bertz CT molecular complexity index is 538. The lowest BCUT2D eigenvalue weighted by atomic mass is 10.3. The second-order valence-corrected chi connectivity index (χ2v) is 3.98. The Hall–Kier alpha value is -2.41. The number of hydrazine groups is 1. The van der Waals surface area contributed by atoms with Crippen LogP contribution in [0.4, 0.5) is 16.2 Å².